The van der Waals surface area contributed by atoms with Crippen LogP contribution < -0.4 is 0 Å². The molecular weight excluding hydrogens is 703 g/mol. The summed E-state index contributed by atoms with van der Waals surface area (Å²) in [7, 11) is 0. The number of pyridine rings is 1. The van der Waals surface area contributed by atoms with E-state index in [4.69, 9.17) is 19.9 Å². The molecule has 0 saturated carbocycles. The quantitative estimate of drug-likeness (QED) is 0.171. The van der Waals surface area contributed by atoms with Crippen molar-refractivity contribution in [2.24, 2.45) is 0 Å². The fourth-order valence-corrected chi connectivity index (χ4v) is 9.16. The van der Waals surface area contributed by atoms with Gasteiger partial charge in [-0.25, -0.2) is 15.0 Å². The van der Waals surface area contributed by atoms with Crippen molar-refractivity contribution in [3.05, 3.63) is 188 Å². The zero-order valence-electron chi connectivity index (χ0n) is 30.0. The minimum Gasteiger partial charge on any atom is -0.309 e. The van der Waals surface area contributed by atoms with Crippen molar-refractivity contribution in [2.75, 3.05) is 0 Å². The van der Waals surface area contributed by atoms with Crippen LogP contribution in [-0.4, -0.2) is 24.5 Å². The first-order valence-corrected chi connectivity index (χ1v) is 19.5. The van der Waals surface area contributed by atoms with E-state index in [1.54, 1.807) is 0 Å². The molecule has 7 aromatic carbocycles. The van der Waals surface area contributed by atoms with E-state index in [0.717, 1.165) is 44.8 Å². The van der Waals surface area contributed by atoms with Gasteiger partial charge < -0.3 is 4.57 Å². The molecule has 11 aromatic rings. The predicted octanol–water partition coefficient (Wildman–Crippen LogP) is 13.1. The largest absolute Gasteiger partial charge is 0.309 e. The third-order valence-corrected chi connectivity index (χ3v) is 11.7. The van der Waals surface area contributed by atoms with Crippen LogP contribution in [0.3, 0.4) is 0 Å². The van der Waals surface area contributed by atoms with Crippen molar-refractivity contribution < 1.29 is 0 Å². The van der Waals surface area contributed by atoms with Gasteiger partial charge in [-0.2, -0.15) is 0 Å². The predicted molar refractivity (Wildman–Crippen MR) is 232 cm³/mol. The van der Waals surface area contributed by atoms with E-state index in [9.17, 15) is 0 Å². The number of aromatic nitrogens is 5. The number of nitrogens with zero attached hydrogens (tertiary/aromatic N) is 5. The first-order valence-electron chi connectivity index (χ1n) is 18.6. The van der Waals surface area contributed by atoms with Gasteiger partial charge in [-0.05, 0) is 35.9 Å². The lowest BCUT2D eigenvalue weighted by atomic mass is 9.98. The fourth-order valence-electron chi connectivity index (χ4n) is 7.94. The number of rotatable bonds is 6. The first kappa shape index (κ1) is 32.2. The second-order valence-corrected chi connectivity index (χ2v) is 14.9. The van der Waals surface area contributed by atoms with Gasteiger partial charge in [0.05, 0.1) is 16.7 Å². The maximum Gasteiger partial charge on any atom is 0.166 e. The first-order chi connectivity index (χ1) is 27.8. The van der Waals surface area contributed by atoms with Crippen molar-refractivity contribution >= 4 is 53.3 Å². The maximum absolute atomic E-state index is 5.29. The number of hydrogen-bond donors (Lipinski definition) is 0. The van der Waals surface area contributed by atoms with Gasteiger partial charge in [0.25, 0.3) is 0 Å². The van der Waals surface area contributed by atoms with Crippen molar-refractivity contribution in [3.63, 3.8) is 0 Å². The van der Waals surface area contributed by atoms with Crippen LogP contribution in [0.4, 0.5) is 0 Å². The molecule has 4 aromatic heterocycles. The molecule has 0 atom stereocenters. The standard InChI is InChI=1S/C50H31N5S/c1-5-16-32(17-6-1)35-30-41(50-53-48(33-18-7-2-8-19-33)52-49(54-50)34-20-9-3-10-21-34)45(51-31-35)40-26-15-25-39-44-43(56-47(39)40)29-28-38-37-24-13-14-27-42(37)55(46(38)44)36-22-11-4-12-23-36/h1-31H. The van der Waals surface area contributed by atoms with Crippen LogP contribution in [0.2, 0.25) is 0 Å². The summed E-state index contributed by atoms with van der Waals surface area (Å²) in [4.78, 5) is 20.7. The Hall–Kier alpha value is -7.28. The van der Waals surface area contributed by atoms with Gasteiger partial charge in [0.15, 0.2) is 17.5 Å². The minimum atomic E-state index is 0.572. The summed E-state index contributed by atoms with van der Waals surface area (Å²) in [6.45, 7) is 0. The van der Waals surface area contributed by atoms with E-state index in [-0.39, 0.29) is 0 Å². The Balaban J connectivity index is 1.20. The number of hydrogen-bond acceptors (Lipinski definition) is 5. The molecule has 0 aliphatic rings. The number of thiophene rings is 1. The van der Waals surface area contributed by atoms with E-state index < -0.39 is 0 Å². The second-order valence-electron chi connectivity index (χ2n) is 13.8. The Labute approximate surface area is 326 Å². The third-order valence-electron chi connectivity index (χ3n) is 10.5. The molecule has 6 heteroatoms. The molecule has 5 nitrogen and oxygen atoms in total. The SMILES string of the molecule is c1ccc(-c2cnc(-c3cccc4c3sc3ccc5c6ccccc6n(-c6ccccc6)c5c34)c(-c3nc(-c4ccccc4)nc(-c4ccccc4)n3)c2)cc1. The average molecular weight is 734 g/mol. The summed E-state index contributed by atoms with van der Waals surface area (Å²) < 4.78 is 4.81. The summed E-state index contributed by atoms with van der Waals surface area (Å²) in [5, 5.41) is 4.91. The average Bonchev–Trinajstić information content (AvgIpc) is 3.83. The highest BCUT2D eigenvalue weighted by molar-refractivity contribution is 7.26. The molecule has 0 unspecified atom stereocenters. The molecule has 0 aliphatic carbocycles. The molecule has 0 N–H and O–H groups in total. The summed E-state index contributed by atoms with van der Waals surface area (Å²) in [6.07, 6.45) is 1.98. The van der Waals surface area contributed by atoms with Crippen LogP contribution in [-0.2, 0) is 0 Å². The molecule has 0 saturated heterocycles. The molecule has 11 rings (SSSR count). The van der Waals surface area contributed by atoms with E-state index in [0.29, 0.717) is 17.5 Å². The van der Waals surface area contributed by atoms with Crippen molar-refractivity contribution in [3.8, 4) is 62.2 Å². The lowest BCUT2D eigenvalue weighted by Crippen LogP contribution is -2.02. The van der Waals surface area contributed by atoms with Crippen LogP contribution in [0.5, 0.6) is 0 Å². The Morgan fingerprint density at radius 2 is 1.02 bits per heavy atom. The van der Waals surface area contributed by atoms with Gasteiger partial charge in [-0.1, -0.05) is 152 Å². The molecule has 56 heavy (non-hydrogen) atoms. The smallest absolute Gasteiger partial charge is 0.166 e. The van der Waals surface area contributed by atoms with E-state index >= 15 is 0 Å². The number of benzene rings is 7. The molecular formula is C50H31N5S. The Kier molecular flexibility index (Phi) is 7.60. The molecule has 0 aliphatic heterocycles. The lowest BCUT2D eigenvalue weighted by Gasteiger charge is -2.14. The molecule has 262 valence electrons. The molecule has 0 bridgehead atoms. The summed E-state index contributed by atoms with van der Waals surface area (Å²) in [5.74, 6) is 1.80. The second kappa shape index (κ2) is 13.2. The normalized spacial score (nSPS) is 11.6. The maximum atomic E-state index is 5.29. The molecule has 0 radical (unpaired) electrons. The fraction of sp³-hybridized carbons (Fsp3) is 0. The summed E-state index contributed by atoms with van der Waals surface area (Å²) in [6, 6.07) is 63.4. The van der Waals surface area contributed by atoms with Gasteiger partial charge >= 0.3 is 0 Å². The zero-order valence-corrected chi connectivity index (χ0v) is 30.9. The van der Waals surface area contributed by atoms with Crippen molar-refractivity contribution in [2.45, 2.75) is 0 Å². The van der Waals surface area contributed by atoms with Gasteiger partial charge in [-0.3, -0.25) is 4.98 Å². The Bertz CT molecular complexity index is 3170. The monoisotopic (exact) mass is 733 g/mol. The Morgan fingerprint density at radius 3 is 1.71 bits per heavy atom. The highest BCUT2D eigenvalue weighted by atomic mass is 32.1. The van der Waals surface area contributed by atoms with E-state index in [2.05, 4.69) is 120 Å². The topological polar surface area (TPSA) is 56.5 Å². The van der Waals surface area contributed by atoms with E-state index in [1.807, 2.05) is 84.3 Å². The van der Waals surface area contributed by atoms with Crippen LogP contribution in [0.25, 0.3) is 104 Å². The van der Waals surface area contributed by atoms with Gasteiger partial charge in [-0.15, -0.1) is 11.3 Å². The van der Waals surface area contributed by atoms with Crippen LogP contribution >= 0.6 is 11.3 Å². The van der Waals surface area contributed by atoms with Crippen LogP contribution in [0.1, 0.15) is 0 Å². The van der Waals surface area contributed by atoms with E-state index in [1.165, 1.54) is 42.0 Å². The summed E-state index contributed by atoms with van der Waals surface area (Å²) >= 11 is 1.81. The van der Waals surface area contributed by atoms with Crippen LogP contribution in [0, 0.1) is 0 Å². The lowest BCUT2D eigenvalue weighted by molar-refractivity contribution is 1.07. The highest BCUT2D eigenvalue weighted by Gasteiger charge is 2.23. The third kappa shape index (κ3) is 5.30. The van der Waals surface area contributed by atoms with Crippen molar-refractivity contribution in [1.82, 2.24) is 24.5 Å². The highest BCUT2D eigenvalue weighted by Crippen LogP contribution is 2.47. The van der Waals surface area contributed by atoms with Gasteiger partial charge in [0.1, 0.15) is 0 Å². The zero-order chi connectivity index (χ0) is 37.0. The minimum absolute atomic E-state index is 0.572. The van der Waals surface area contributed by atoms with Gasteiger partial charge in [0.2, 0.25) is 0 Å². The molecule has 4 heterocycles. The molecule has 0 amide bonds. The number of para-hydroxylation sites is 2. The van der Waals surface area contributed by atoms with Crippen LogP contribution in [0.15, 0.2) is 188 Å². The summed E-state index contributed by atoms with van der Waals surface area (Å²) in [5.41, 5.74) is 10.2. The Morgan fingerprint density at radius 1 is 0.429 bits per heavy atom. The van der Waals surface area contributed by atoms with Gasteiger partial charge in [0, 0.05) is 70.6 Å². The molecule has 0 spiro atoms. The number of fused-ring (bicyclic) bond motifs is 7. The molecule has 0 fully saturated rings. The van der Waals surface area contributed by atoms with Crippen molar-refractivity contribution in [1.29, 1.82) is 0 Å².